The number of rotatable bonds is 6. The van der Waals surface area contributed by atoms with Crippen LogP contribution >= 0.6 is 0 Å². The normalized spacial score (nSPS) is 18.7. The van der Waals surface area contributed by atoms with E-state index in [0.29, 0.717) is 18.1 Å². The molecule has 5 heteroatoms. The van der Waals surface area contributed by atoms with Gasteiger partial charge in [-0.1, -0.05) is 39.0 Å². The van der Waals surface area contributed by atoms with Crippen molar-refractivity contribution in [3.8, 4) is 0 Å². The summed E-state index contributed by atoms with van der Waals surface area (Å²) in [5.41, 5.74) is 1.25. The van der Waals surface area contributed by atoms with E-state index in [1.807, 2.05) is 30.3 Å². The molecule has 1 N–H and O–H groups in total. The van der Waals surface area contributed by atoms with Crippen molar-refractivity contribution in [1.82, 2.24) is 5.32 Å². The maximum absolute atomic E-state index is 12.5. The zero-order valence-corrected chi connectivity index (χ0v) is 14.2. The minimum absolute atomic E-state index is 0.0105. The summed E-state index contributed by atoms with van der Waals surface area (Å²) in [5, 5.41) is 9.12. The van der Waals surface area contributed by atoms with Gasteiger partial charge in [-0.3, -0.25) is 14.6 Å². The smallest absolute Gasteiger partial charge is 0.267 e. The van der Waals surface area contributed by atoms with Gasteiger partial charge >= 0.3 is 0 Å². The molecule has 0 bridgehead atoms. The first-order valence-corrected chi connectivity index (χ1v) is 8.17. The van der Waals surface area contributed by atoms with Crippen molar-refractivity contribution in [1.29, 1.82) is 0 Å². The summed E-state index contributed by atoms with van der Waals surface area (Å²) in [6.07, 6.45) is 1.22. The first-order chi connectivity index (χ1) is 10.9. The first kappa shape index (κ1) is 17.2. The Kier molecular flexibility index (Phi) is 5.53. The molecule has 2 rings (SSSR count). The van der Waals surface area contributed by atoms with Gasteiger partial charge in [0, 0.05) is 12.5 Å². The minimum atomic E-state index is -0.405. The summed E-state index contributed by atoms with van der Waals surface area (Å²) in [4.78, 5) is 24.4. The minimum Gasteiger partial charge on any atom is -0.348 e. The molecule has 2 atom stereocenters. The van der Waals surface area contributed by atoms with Crippen molar-refractivity contribution in [3.63, 3.8) is 0 Å². The molecule has 1 aromatic carbocycles. The van der Waals surface area contributed by atoms with Gasteiger partial charge in [0.2, 0.25) is 0 Å². The second-order valence-electron chi connectivity index (χ2n) is 6.29. The summed E-state index contributed by atoms with van der Waals surface area (Å²) in [6.45, 7) is 7.76. The Morgan fingerprint density at radius 1 is 1.30 bits per heavy atom. The van der Waals surface area contributed by atoms with Gasteiger partial charge in [0.15, 0.2) is 5.78 Å². The third-order valence-electron chi connectivity index (χ3n) is 4.22. The molecule has 1 aliphatic rings. The maximum Gasteiger partial charge on any atom is 0.267 e. The Hall–Kier alpha value is -2.17. The Morgan fingerprint density at radius 2 is 1.96 bits per heavy atom. The zero-order chi connectivity index (χ0) is 17.0. The molecule has 0 aromatic heterocycles. The third-order valence-corrected chi connectivity index (χ3v) is 4.22. The fourth-order valence-electron chi connectivity index (χ4n) is 2.77. The second kappa shape index (κ2) is 7.40. The Labute approximate surface area is 137 Å². The number of hydrogen-bond donors (Lipinski definition) is 1. The molecule has 0 saturated carbocycles. The van der Waals surface area contributed by atoms with Crippen LogP contribution in [0.25, 0.3) is 0 Å². The lowest BCUT2D eigenvalue weighted by Crippen LogP contribution is -2.41. The van der Waals surface area contributed by atoms with Crippen molar-refractivity contribution in [2.45, 2.75) is 52.6 Å². The van der Waals surface area contributed by atoms with E-state index >= 15 is 0 Å². The molecule has 0 radical (unpaired) electrons. The van der Waals surface area contributed by atoms with Crippen LogP contribution in [0, 0.1) is 5.92 Å². The molecule has 1 amide bonds. The summed E-state index contributed by atoms with van der Waals surface area (Å²) in [6, 6.07) is 9.20. The Balaban J connectivity index is 2.20. The number of carbonyl (C=O) groups excluding carboxylic acids is 2. The van der Waals surface area contributed by atoms with E-state index in [-0.39, 0.29) is 17.7 Å². The van der Waals surface area contributed by atoms with Gasteiger partial charge in [-0.25, -0.2) is 0 Å². The lowest BCUT2D eigenvalue weighted by Gasteiger charge is -2.20. The number of benzene rings is 1. The lowest BCUT2D eigenvalue weighted by molar-refractivity contribution is -0.118. The average molecular weight is 315 g/mol. The monoisotopic (exact) mass is 315 g/mol. The molecular weight excluding hydrogens is 290 g/mol. The van der Waals surface area contributed by atoms with E-state index in [1.54, 1.807) is 11.9 Å². The molecular formula is C18H25N3O2. The SMILES string of the molecule is CCC(NC(=O)C1=NN(c2ccccc2)C(C(C)=O)C1)C(C)C. The number of nitrogens with one attached hydrogen (secondary N) is 1. The summed E-state index contributed by atoms with van der Waals surface area (Å²) in [5.74, 6) is 0.200. The van der Waals surface area contributed by atoms with Crippen LogP contribution in [-0.2, 0) is 9.59 Å². The molecule has 124 valence electrons. The number of Topliss-reactive ketones (excluding diaryl/α,β-unsaturated/α-hetero) is 1. The number of nitrogens with zero attached hydrogens (tertiary/aromatic N) is 2. The largest absolute Gasteiger partial charge is 0.348 e. The molecule has 1 heterocycles. The quantitative estimate of drug-likeness (QED) is 0.878. The van der Waals surface area contributed by atoms with Crippen LogP contribution in [-0.4, -0.2) is 29.5 Å². The van der Waals surface area contributed by atoms with E-state index in [9.17, 15) is 9.59 Å². The lowest BCUT2D eigenvalue weighted by atomic mass is 10.0. The van der Waals surface area contributed by atoms with Crippen molar-refractivity contribution in [2.75, 3.05) is 5.01 Å². The highest BCUT2D eigenvalue weighted by Crippen LogP contribution is 2.25. The van der Waals surface area contributed by atoms with Gasteiger partial charge in [0.1, 0.15) is 11.8 Å². The number of hydrazone groups is 1. The van der Waals surface area contributed by atoms with Crippen LogP contribution in [0.3, 0.4) is 0 Å². The van der Waals surface area contributed by atoms with Gasteiger partial charge in [-0.2, -0.15) is 5.10 Å². The van der Waals surface area contributed by atoms with Gasteiger partial charge in [-0.15, -0.1) is 0 Å². The fraction of sp³-hybridized carbons (Fsp3) is 0.500. The zero-order valence-electron chi connectivity index (χ0n) is 14.2. The predicted molar refractivity (Wildman–Crippen MR) is 92.5 cm³/mol. The van der Waals surface area contributed by atoms with Gasteiger partial charge in [0.25, 0.3) is 5.91 Å². The van der Waals surface area contributed by atoms with Crippen LogP contribution in [0.5, 0.6) is 0 Å². The number of carbonyl (C=O) groups is 2. The molecule has 0 aliphatic carbocycles. The van der Waals surface area contributed by atoms with E-state index in [1.165, 1.54) is 0 Å². The standard InChI is InChI=1S/C18H25N3O2/c1-5-15(12(2)3)19-18(23)16-11-17(13(4)22)21(20-16)14-9-7-6-8-10-14/h6-10,12,15,17H,5,11H2,1-4H3,(H,19,23). The number of amides is 1. The Morgan fingerprint density at radius 3 is 2.48 bits per heavy atom. The molecule has 0 fully saturated rings. The predicted octanol–water partition coefficient (Wildman–Crippen LogP) is 2.76. The fourth-order valence-corrected chi connectivity index (χ4v) is 2.77. The summed E-state index contributed by atoms with van der Waals surface area (Å²) < 4.78 is 0. The van der Waals surface area contributed by atoms with E-state index in [4.69, 9.17) is 0 Å². The number of para-hydroxylation sites is 1. The average Bonchev–Trinajstić information content (AvgIpc) is 2.98. The summed E-state index contributed by atoms with van der Waals surface area (Å²) >= 11 is 0. The van der Waals surface area contributed by atoms with Crippen LogP contribution < -0.4 is 10.3 Å². The highest BCUT2D eigenvalue weighted by Gasteiger charge is 2.34. The number of hydrogen-bond acceptors (Lipinski definition) is 4. The Bertz CT molecular complexity index is 596. The van der Waals surface area contributed by atoms with E-state index in [0.717, 1.165) is 12.1 Å². The van der Waals surface area contributed by atoms with Crippen LogP contribution in [0.1, 0.15) is 40.5 Å². The second-order valence-corrected chi connectivity index (χ2v) is 6.29. The van der Waals surface area contributed by atoms with Gasteiger partial charge < -0.3 is 5.32 Å². The van der Waals surface area contributed by atoms with Crippen molar-refractivity contribution >= 4 is 23.1 Å². The molecule has 1 aromatic rings. The van der Waals surface area contributed by atoms with Crippen molar-refractivity contribution in [3.05, 3.63) is 30.3 Å². The van der Waals surface area contributed by atoms with Crippen LogP contribution in [0.4, 0.5) is 5.69 Å². The van der Waals surface area contributed by atoms with Gasteiger partial charge in [-0.05, 0) is 31.4 Å². The third kappa shape index (κ3) is 3.97. The highest BCUT2D eigenvalue weighted by atomic mass is 16.2. The van der Waals surface area contributed by atoms with Crippen LogP contribution in [0.15, 0.2) is 35.4 Å². The van der Waals surface area contributed by atoms with E-state index < -0.39 is 6.04 Å². The first-order valence-electron chi connectivity index (χ1n) is 8.17. The van der Waals surface area contributed by atoms with E-state index in [2.05, 4.69) is 31.2 Å². The topological polar surface area (TPSA) is 61.8 Å². The molecule has 2 unspecified atom stereocenters. The molecule has 23 heavy (non-hydrogen) atoms. The highest BCUT2D eigenvalue weighted by molar-refractivity contribution is 6.40. The number of ketones is 1. The molecule has 0 saturated heterocycles. The maximum atomic E-state index is 12.5. The molecule has 5 nitrogen and oxygen atoms in total. The molecule has 0 spiro atoms. The molecule has 1 aliphatic heterocycles. The van der Waals surface area contributed by atoms with Crippen molar-refractivity contribution < 1.29 is 9.59 Å². The van der Waals surface area contributed by atoms with Crippen molar-refractivity contribution in [2.24, 2.45) is 11.0 Å². The number of anilines is 1. The van der Waals surface area contributed by atoms with Crippen LogP contribution in [0.2, 0.25) is 0 Å². The summed E-state index contributed by atoms with van der Waals surface area (Å²) in [7, 11) is 0. The van der Waals surface area contributed by atoms with Gasteiger partial charge in [0.05, 0.1) is 5.69 Å².